The number of nitriles is 1. The van der Waals surface area contributed by atoms with E-state index in [1.54, 1.807) is 11.8 Å². The molecule has 1 aliphatic heterocycles. The van der Waals surface area contributed by atoms with Gasteiger partial charge in [0.15, 0.2) is 5.17 Å². The second kappa shape index (κ2) is 5.26. The first kappa shape index (κ1) is 11.4. The van der Waals surface area contributed by atoms with Crippen LogP contribution in [0.5, 0.6) is 0 Å². The van der Waals surface area contributed by atoms with E-state index in [-0.39, 0.29) is 0 Å². The quantitative estimate of drug-likeness (QED) is 0.379. The third kappa shape index (κ3) is 2.42. The molecule has 78 valence electrons. The number of likely N-dealkylation sites (tertiary alicyclic amines) is 1. The lowest BCUT2D eigenvalue weighted by molar-refractivity contribution is 0.314. The molecule has 0 saturated carbocycles. The Bertz CT molecular complexity index is 255. The average molecular weight is 211 g/mol. The fourth-order valence-corrected chi connectivity index (χ4v) is 2.59. The minimum atomic E-state index is 0.564. The maximum absolute atomic E-state index is 8.58. The maximum atomic E-state index is 8.58. The van der Waals surface area contributed by atoms with Crippen LogP contribution in [0.25, 0.3) is 0 Å². The normalized spacial score (nSPS) is 22.9. The molecule has 0 aliphatic carbocycles. The molecular weight excluding hydrogens is 194 g/mol. The minimum absolute atomic E-state index is 0.564. The molecule has 0 radical (unpaired) electrons. The highest BCUT2D eigenvalue weighted by Gasteiger charge is 2.29. The summed E-state index contributed by atoms with van der Waals surface area (Å²) < 4.78 is 0. The SMILES string of the molecule is CSC(=NC#N)N1CCCC1C(C)C. The van der Waals surface area contributed by atoms with Crippen molar-refractivity contribution in [3.8, 4) is 6.19 Å². The molecule has 1 unspecified atom stereocenters. The Kier molecular flexibility index (Phi) is 4.27. The summed E-state index contributed by atoms with van der Waals surface area (Å²) in [6.07, 6.45) is 6.30. The number of aliphatic imine (C=N–C) groups is 1. The lowest BCUT2D eigenvalue weighted by Crippen LogP contribution is -2.36. The van der Waals surface area contributed by atoms with E-state index in [4.69, 9.17) is 5.26 Å². The van der Waals surface area contributed by atoms with Crippen LogP contribution in [0.15, 0.2) is 4.99 Å². The summed E-state index contributed by atoms with van der Waals surface area (Å²) in [5.41, 5.74) is 0. The number of thioether (sulfide) groups is 1. The molecule has 1 atom stereocenters. The van der Waals surface area contributed by atoms with Crippen LogP contribution in [-0.4, -0.2) is 28.9 Å². The molecule has 1 rings (SSSR count). The topological polar surface area (TPSA) is 39.4 Å². The van der Waals surface area contributed by atoms with Gasteiger partial charge in [-0.3, -0.25) is 0 Å². The van der Waals surface area contributed by atoms with Gasteiger partial charge in [-0.05, 0) is 25.0 Å². The van der Waals surface area contributed by atoms with Gasteiger partial charge in [0.05, 0.1) is 0 Å². The average Bonchev–Trinajstić information content (AvgIpc) is 2.62. The van der Waals surface area contributed by atoms with Crippen molar-refractivity contribution in [2.45, 2.75) is 32.7 Å². The zero-order valence-electron chi connectivity index (χ0n) is 9.03. The van der Waals surface area contributed by atoms with Gasteiger partial charge in [-0.2, -0.15) is 5.26 Å². The molecule has 14 heavy (non-hydrogen) atoms. The highest BCUT2D eigenvalue weighted by atomic mass is 32.2. The molecule has 4 heteroatoms. The van der Waals surface area contributed by atoms with Crippen LogP contribution in [-0.2, 0) is 0 Å². The summed E-state index contributed by atoms with van der Waals surface area (Å²) in [4.78, 5) is 6.14. The first-order valence-corrected chi connectivity index (χ1v) is 6.20. The molecule has 0 N–H and O–H groups in total. The molecule has 1 saturated heterocycles. The largest absolute Gasteiger partial charge is 0.347 e. The zero-order valence-corrected chi connectivity index (χ0v) is 9.84. The Morgan fingerprint density at radius 1 is 1.64 bits per heavy atom. The molecule has 0 spiro atoms. The second-order valence-electron chi connectivity index (χ2n) is 3.85. The highest BCUT2D eigenvalue weighted by molar-refractivity contribution is 8.13. The molecule has 0 aromatic rings. The standard InChI is InChI=1S/C10H17N3S/c1-8(2)9-5-4-6-13(9)10(14-3)12-7-11/h8-9H,4-6H2,1-3H3. The summed E-state index contributed by atoms with van der Waals surface area (Å²) in [6.45, 7) is 5.50. The number of hydrogen-bond acceptors (Lipinski definition) is 3. The molecule has 0 aromatic heterocycles. The monoisotopic (exact) mass is 211 g/mol. The lowest BCUT2D eigenvalue weighted by atomic mass is 10.0. The van der Waals surface area contributed by atoms with E-state index < -0.39 is 0 Å². The number of amidine groups is 1. The minimum Gasteiger partial charge on any atom is -0.347 e. The van der Waals surface area contributed by atoms with Gasteiger partial charge in [0.2, 0.25) is 6.19 Å². The van der Waals surface area contributed by atoms with E-state index in [2.05, 4.69) is 23.7 Å². The van der Waals surface area contributed by atoms with Crippen LogP contribution in [0.3, 0.4) is 0 Å². The van der Waals surface area contributed by atoms with E-state index in [9.17, 15) is 0 Å². The Morgan fingerprint density at radius 2 is 2.36 bits per heavy atom. The zero-order chi connectivity index (χ0) is 10.6. The first-order valence-electron chi connectivity index (χ1n) is 4.98. The summed E-state index contributed by atoms with van der Waals surface area (Å²) in [5, 5.41) is 9.45. The van der Waals surface area contributed by atoms with Gasteiger partial charge in [0, 0.05) is 12.6 Å². The van der Waals surface area contributed by atoms with Gasteiger partial charge in [0.1, 0.15) is 0 Å². The van der Waals surface area contributed by atoms with Crippen molar-refractivity contribution >= 4 is 16.9 Å². The van der Waals surface area contributed by atoms with Crippen molar-refractivity contribution in [1.29, 1.82) is 5.26 Å². The van der Waals surface area contributed by atoms with Crippen LogP contribution in [0.2, 0.25) is 0 Å². The van der Waals surface area contributed by atoms with Crippen molar-refractivity contribution < 1.29 is 0 Å². The van der Waals surface area contributed by atoms with Crippen LogP contribution in [0.1, 0.15) is 26.7 Å². The Labute approximate surface area is 90.2 Å². The molecule has 0 aromatic carbocycles. The third-order valence-electron chi connectivity index (χ3n) is 2.64. The van der Waals surface area contributed by atoms with Gasteiger partial charge in [0.25, 0.3) is 0 Å². The van der Waals surface area contributed by atoms with Crippen LogP contribution in [0, 0.1) is 17.4 Å². The van der Waals surface area contributed by atoms with Crippen LogP contribution < -0.4 is 0 Å². The van der Waals surface area contributed by atoms with Gasteiger partial charge >= 0.3 is 0 Å². The second-order valence-corrected chi connectivity index (χ2v) is 4.62. The van der Waals surface area contributed by atoms with Crippen LogP contribution >= 0.6 is 11.8 Å². The third-order valence-corrected chi connectivity index (χ3v) is 3.33. The Morgan fingerprint density at radius 3 is 2.86 bits per heavy atom. The van der Waals surface area contributed by atoms with Crippen molar-refractivity contribution in [2.24, 2.45) is 10.9 Å². The summed E-state index contributed by atoms with van der Waals surface area (Å²) >= 11 is 1.57. The molecule has 1 aliphatic rings. The fraction of sp³-hybridized carbons (Fsp3) is 0.800. The maximum Gasteiger partial charge on any atom is 0.208 e. The Hall–Kier alpha value is -0.690. The van der Waals surface area contributed by atoms with E-state index in [1.165, 1.54) is 12.8 Å². The van der Waals surface area contributed by atoms with Crippen LogP contribution in [0.4, 0.5) is 0 Å². The van der Waals surface area contributed by atoms with Gasteiger partial charge in [-0.1, -0.05) is 25.6 Å². The summed E-state index contributed by atoms with van der Waals surface area (Å²) in [7, 11) is 0. The van der Waals surface area contributed by atoms with Crippen molar-refractivity contribution in [3.63, 3.8) is 0 Å². The fourth-order valence-electron chi connectivity index (χ4n) is 1.99. The predicted octanol–water partition coefficient (Wildman–Crippen LogP) is 2.31. The number of nitrogens with zero attached hydrogens (tertiary/aromatic N) is 3. The smallest absolute Gasteiger partial charge is 0.208 e. The van der Waals surface area contributed by atoms with Gasteiger partial charge < -0.3 is 4.90 Å². The van der Waals surface area contributed by atoms with E-state index in [1.807, 2.05) is 12.4 Å². The van der Waals surface area contributed by atoms with Crippen molar-refractivity contribution in [3.05, 3.63) is 0 Å². The molecule has 1 heterocycles. The molecule has 0 bridgehead atoms. The van der Waals surface area contributed by atoms with Crippen molar-refractivity contribution in [1.82, 2.24) is 4.90 Å². The molecule has 1 fully saturated rings. The molecule has 0 amide bonds. The Balaban J connectivity index is 2.75. The lowest BCUT2D eigenvalue weighted by Gasteiger charge is -2.28. The molecule has 3 nitrogen and oxygen atoms in total. The highest BCUT2D eigenvalue weighted by Crippen LogP contribution is 2.26. The van der Waals surface area contributed by atoms with Gasteiger partial charge in [-0.15, -0.1) is 4.99 Å². The van der Waals surface area contributed by atoms with Crippen molar-refractivity contribution in [2.75, 3.05) is 12.8 Å². The summed E-state index contributed by atoms with van der Waals surface area (Å²) in [6, 6.07) is 0.564. The van der Waals surface area contributed by atoms with Gasteiger partial charge in [-0.25, -0.2) is 0 Å². The van der Waals surface area contributed by atoms with E-state index >= 15 is 0 Å². The van der Waals surface area contributed by atoms with E-state index in [0.717, 1.165) is 11.7 Å². The number of hydrogen-bond donors (Lipinski definition) is 0. The number of rotatable bonds is 1. The summed E-state index contributed by atoms with van der Waals surface area (Å²) in [5.74, 6) is 0.633. The predicted molar refractivity (Wildman–Crippen MR) is 61.1 cm³/mol. The first-order chi connectivity index (χ1) is 6.70. The van der Waals surface area contributed by atoms with E-state index in [0.29, 0.717) is 12.0 Å². The molecular formula is C10H17N3S.